The molecular formula is C15H18N2O5. The first-order valence-corrected chi connectivity index (χ1v) is 7.21. The molecule has 2 saturated heterocycles. The number of hydrogen-bond donors (Lipinski definition) is 1. The zero-order chi connectivity index (χ0) is 16.1. The summed E-state index contributed by atoms with van der Waals surface area (Å²) in [5, 5.41) is 3.10. The second-order valence-electron chi connectivity index (χ2n) is 5.80. The van der Waals surface area contributed by atoms with Gasteiger partial charge in [0.15, 0.2) is 0 Å². The maximum absolute atomic E-state index is 12.5. The number of imide groups is 1. The van der Waals surface area contributed by atoms with Gasteiger partial charge in [0.2, 0.25) is 11.8 Å². The highest BCUT2D eigenvalue weighted by Gasteiger charge is 2.66. The molecule has 2 fully saturated rings. The number of amides is 2. The predicted octanol–water partition coefficient (Wildman–Crippen LogP) is 0.477. The van der Waals surface area contributed by atoms with Crippen molar-refractivity contribution in [3.63, 3.8) is 0 Å². The van der Waals surface area contributed by atoms with Crippen LogP contribution in [0.1, 0.15) is 25.6 Å². The molecule has 7 heteroatoms. The first kappa shape index (κ1) is 14.8. The normalized spacial score (nSPS) is 34.1. The summed E-state index contributed by atoms with van der Waals surface area (Å²) in [5.41, 5.74) is -1.25. The Morgan fingerprint density at radius 1 is 1.45 bits per heavy atom. The molecule has 0 bridgehead atoms. The monoisotopic (exact) mass is 306 g/mol. The zero-order valence-corrected chi connectivity index (χ0v) is 12.7. The Kier molecular flexibility index (Phi) is 3.32. The first-order valence-electron chi connectivity index (χ1n) is 7.21. The fourth-order valence-corrected chi connectivity index (χ4v) is 3.46. The molecule has 1 aromatic heterocycles. The minimum absolute atomic E-state index is 0.205. The number of nitrogens with one attached hydrogen (secondary N) is 1. The molecule has 1 aromatic rings. The van der Waals surface area contributed by atoms with Crippen LogP contribution in [0.15, 0.2) is 22.8 Å². The van der Waals surface area contributed by atoms with Gasteiger partial charge in [0.1, 0.15) is 11.3 Å². The van der Waals surface area contributed by atoms with Crippen molar-refractivity contribution in [1.29, 1.82) is 0 Å². The third-order valence-electron chi connectivity index (χ3n) is 4.56. The van der Waals surface area contributed by atoms with Crippen LogP contribution in [0.3, 0.4) is 0 Å². The van der Waals surface area contributed by atoms with Crippen molar-refractivity contribution in [2.75, 3.05) is 13.7 Å². The van der Waals surface area contributed by atoms with Gasteiger partial charge in [-0.05, 0) is 26.0 Å². The SMILES string of the molecule is CCOC(=O)[C@@]1(C)N[C@@H](c2ccco2)[C@H]2C(=O)N(C)C(=O)[C@@H]21. The van der Waals surface area contributed by atoms with Crippen molar-refractivity contribution in [3.8, 4) is 0 Å². The van der Waals surface area contributed by atoms with E-state index < -0.39 is 29.4 Å². The number of esters is 1. The lowest BCUT2D eigenvalue weighted by molar-refractivity contribution is -0.155. The molecule has 4 atom stereocenters. The number of carbonyl (C=O) groups is 3. The molecule has 0 saturated carbocycles. The standard InChI is InChI=1S/C15H18N2O5/c1-4-21-14(20)15(2)10-9(12(18)17(3)13(10)19)11(16-15)8-6-5-7-22-8/h5-7,9-11,16H,4H2,1-3H3/t9-,10+,11-,15-/m0/s1. The van der Waals surface area contributed by atoms with Gasteiger partial charge in [0.05, 0.1) is 30.7 Å². The lowest BCUT2D eigenvalue weighted by atomic mass is 9.81. The average molecular weight is 306 g/mol. The Morgan fingerprint density at radius 2 is 2.18 bits per heavy atom. The van der Waals surface area contributed by atoms with Gasteiger partial charge in [0.25, 0.3) is 0 Å². The molecular weight excluding hydrogens is 288 g/mol. The molecule has 0 aliphatic carbocycles. The van der Waals surface area contributed by atoms with E-state index in [9.17, 15) is 14.4 Å². The topological polar surface area (TPSA) is 88.8 Å². The summed E-state index contributed by atoms with van der Waals surface area (Å²) in [4.78, 5) is 38.4. The van der Waals surface area contributed by atoms with Gasteiger partial charge in [-0.1, -0.05) is 0 Å². The van der Waals surface area contributed by atoms with Crippen LogP contribution in [0.25, 0.3) is 0 Å². The third-order valence-corrected chi connectivity index (χ3v) is 4.56. The van der Waals surface area contributed by atoms with Crippen molar-refractivity contribution < 1.29 is 23.5 Å². The Hall–Kier alpha value is -2.15. The predicted molar refractivity (Wildman–Crippen MR) is 74.4 cm³/mol. The Bertz CT molecular complexity index is 626. The van der Waals surface area contributed by atoms with E-state index >= 15 is 0 Å². The number of fused-ring (bicyclic) bond motifs is 1. The number of hydrogen-bond acceptors (Lipinski definition) is 6. The number of likely N-dealkylation sites (tertiary alicyclic amines) is 1. The van der Waals surface area contributed by atoms with Gasteiger partial charge in [-0.3, -0.25) is 24.6 Å². The van der Waals surface area contributed by atoms with Crippen LogP contribution in [0, 0.1) is 11.8 Å². The van der Waals surface area contributed by atoms with Crippen molar-refractivity contribution in [2.45, 2.75) is 25.4 Å². The van der Waals surface area contributed by atoms with Gasteiger partial charge >= 0.3 is 5.97 Å². The largest absolute Gasteiger partial charge is 0.468 e. The van der Waals surface area contributed by atoms with E-state index in [2.05, 4.69) is 5.32 Å². The van der Waals surface area contributed by atoms with Gasteiger partial charge in [-0.25, -0.2) is 0 Å². The van der Waals surface area contributed by atoms with Gasteiger partial charge in [-0.2, -0.15) is 0 Å². The van der Waals surface area contributed by atoms with Gasteiger partial charge in [0, 0.05) is 7.05 Å². The van der Waals surface area contributed by atoms with Gasteiger partial charge in [-0.15, -0.1) is 0 Å². The fourth-order valence-electron chi connectivity index (χ4n) is 3.46. The van der Waals surface area contributed by atoms with Crippen LogP contribution in [0.4, 0.5) is 0 Å². The molecule has 0 aromatic carbocycles. The van der Waals surface area contributed by atoms with Crippen LogP contribution in [0.2, 0.25) is 0 Å². The molecule has 2 aliphatic heterocycles. The number of nitrogens with zero attached hydrogens (tertiary/aromatic N) is 1. The summed E-state index contributed by atoms with van der Waals surface area (Å²) in [6.45, 7) is 3.51. The fraction of sp³-hybridized carbons (Fsp3) is 0.533. The molecule has 1 N–H and O–H groups in total. The van der Waals surface area contributed by atoms with E-state index in [0.29, 0.717) is 5.76 Å². The zero-order valence-electron chi connectivity index (χ0n) is 12.7. The summed E-state index contributed by atoms with van der Waals surface area (Å²) in [6.07, 6.45) is 1.50. The maximum Gasteiger partial charge on any atom is 0.326 e. The molecule has 0 radical (unpaired) electrons. The smallest absolute Gasteiger partial charge is 0.326 e. The highest BCUT2D eigenvalue weighted by atomic mass is 16.5. The van der Waals surface area contributed by atoms with E-state index in [0.717, 1.165) is 4.90 Å². The molecule has 0 unspecified atom stereocenters. The third kappa shape index (κ3) is 1.81. The highest BCUT2D eigenvalue weighted by Crippen LogP contribution is 2.48. The minimum Gasteiger partial charge on any atom is -0.468 e. The molecule has 3 rings (SSSR count). The quantitative estimate of drug-likeness (QED) is 0.645. The number of furan rings is 1. The second-order valence-corrected chi connectivity index (χ2v) is 5.80. The summed E-state index contributed by atoms with van der Waals surface area (Å²) >= 11 is 0. The van der Waals surface area contributed by atoms with E-state index in [4.69, 9.17) is 9.15 Å². The minimum atomic E-state index is -1.25. The molecule has 0 spiro atoms. The molecule has 2 aliphatic rings. The Labute approximate surface area is 127 Å². The summed E-state index contributed by atoms with van der Waals surface area (Å²) < 4.78 is 10.5. The van der Waals surface area contributed by atoms with E-state index in [1.54, 1.807) is 26.0 Å². The lowest BCUT2D eigenvalue weighted by Gasteiger charge is -2.28. The van der Waals surface area contributed by atoms with Crippen LogP contribution >= 0.6 is 0 Å². The average Bonchev–Trinajstić information content (AvgIpc) is 3.15. The Morgan fingerprint density at radius 3 is 2.77 bits per heavy atom. The summed E-state index contributed by atoms with van der Waals surface area (Å²) in [5.74, 6) is -2.14. The van der Waals surface area contributed by atoms with Crippen LogP contribution in [0.5, 0.6) is 0 Å². The molecule has 118 valence electrons. The lowest BCUT2D eigenvalue weighted by Crippen LogP contribution is -2.53. The van der Waals surface area contributed by atoms with Crippen molar-refractivity contribution in [3.05, 3.63) is 24.2 Å². The summed E-state index contributed by atoms with van der Waals surface area (Å²) in [7, 11) is 1.44. The molecule has 2 amide bonds. The van der Waals surface area contributed by atoms with Crippen molar-refractivity contribution in [2.24, 2.45) is 11.8 Å². The van der Waals surface area contributed by atoms with E-state index in [1.165, 1.54) is 13.3 Å². The number of carbonyl (C=O) groups excluding carboxylic acids is 3. The Balaban J connectivity index is 2.06. The molecule has 3 heterocycles. The van der Waals surface area contributed by atoms with Crippen molar-refractivity contribution >= 4 is 17.8 Å². The second kappa shape index (κ2) is 4.95. The highest BCUT2D eigenvalue weighted by molar-refractivity contribution is 6.09. The van der Waals surface area contributed by atoms with Crippen LogP contribution < -0.4 is 5.32 Å². The molecule has 7 nitrogen and oxygen atoms in total. The number of rotatable bonds is 3. The first-order chi connectivity index (χ1) is 10.4. The number of ether oxygens (including phenoxy) is 1. The van der Waals surface area contributed by atoms with Gasteiger partial charge < -0.3 is 9.15 Å². The summed E-state index contributed by atoms with van der Waals surface area (Å²) in [6, 6.07) is 2.90. The van der Waals surface area contributed by atoms with E-state index in [-0.39, 0.29) is 18.4 Å². The van der Waals surface area contributed by atoms with Crippen LogP contribution in [-0.4, -0.2) is 41.9 Å². The maximum atomic E-state index is 12.5. The van der Waals surface area contributed by atoms with Crippen molar-refractivity contribution in [1.82, 2.24) is 10.2 Å². The molecule has 22 heavy (non-hydrogen) atoms. The van der Waals surface area contributed by atoms with E-state index in [1.807, 2.05) is 0 Å². The van der Waals surface area contributed by atoms with Crippen LogP contribution in [-0.2, 0) is 19.1 Å².